The molecule has 6 rings (SSSR count). The summed E-state index contributed by atoms with van der Waals surface area (Å²) in [6, 6.07) is 14.9. The van der Waals surface area contributed by atoms with Crippen molar-refractivity contribution >= 4 is 34.2 Å². The fourth-order valence-corrected chi connectivity index (χ4v) is 6.30. The highest BCUT2D eigenvalue weighted by Crippen LogP contribution is 2.51. The number of fused-ring (bicyclic) bond motifs is 2. The topological polar surface area (TPSA) is 140 Å². The predicted octanol–water partition coefficient (Wildman–Crippen LogP) is 4.77. The Hall–Kier alpha value is -4.75. The highest BCUT2D eigenvalue weighted by molar-refractivity contribution is 7.17. The van der Waals surface area contributed by atoms with Gasteiger partial charge in [-0.2, -0.15) is 0 Å². The molecule has 13 heteroatoms. The van der Waals surface area contributed by atoms with Crippen LogP contribution in [0.25, 0.3) is 11.3 Å². The first-order valence-corrected chi connectivity index (χ1v) is 15.9. The summed E-state index contributed by atoms with van der Waals surface area (Å²) in [5.41, 5.74) is 3.30. The van der Waals surface area contributed by atoms with Gasteiger partial charge in [0, 0.05) is 60.5 Å². The van der Waals surface area contributed by atoms with Crippen LogP contribution in [-0.4, -0.2) is 87.6 Å². The van der Waals surface area contributed by atoms with Gasteiger partial charge in [0.25, 0.3) is 11.8 Å². The Kier molecular flexibility index (Phi) is 8.53. The number of ether oxygens (including phenoxy) is 2. The third-order valence-corrected chi connectivity index (χ3v) is 9.24. The predicted molar refractivity (Wildman–Crippen MR) is 172 cm³/mol. The van der Waals surface area contributed by atoms with Crippen molar-refractivity contribution in [2.75, 3.05) is 45.2 Å². The molecule has 3 amide bonds. The van der Waals surface area contributed by atoms with E-state index in [-0.39, 0.29) is 27.9 Å². The summed E-state index contributed by atoms with van der Waals surface area (Å²) in [5, 5.41) is 11.5. The van der Waals surface area contributed by atoms with Crippen molar-refractivity contribution in [2.45, 2.75) is 33.6 Å². The number of anilines is 1. The Labute approximate surface area is 270 Å². The third-order valence-electron chi connectivity index (χ3n) is 8.42. The summed E-state index contributed by atoms with van der Waals surface area (Å²) < 4.78 is 11.6. The van der Waals surface area contributed by atoms with Crippen LogP contribution in [0.2, 0.25) is 0 Å². The van der Waals surface area contributed by atoms with Gasteiger partial charge in [-0.1, -0.05) is 49.4 Å². The Balaban J connectivity index is 1.28. The summed E-state index contributed by atoms with van der Waals surface area (Å²) in [7, 11) is 1.77. The average Bonchev–Trinajstić information content (AvgIpc) is 3.54. The number of aromatic nitrogens is 4. The lowest BCUT2D eigenvalue weighted by Gasteiger charge is -2.37. The largest absolute Gasteiger partial charge is 0.420 e. The number of nitrogens with zero attached hydrogens (tertiary/aromatic N) is 6. The molecule has 0 bridgehead atoms. The number of hydrogen-bond donors (Lipinski definition) is 1. The number of carbonyl (C=O) groups excluding carboxylic acids is 3. The quantitative estimate of drug-likeness (QED) is 0.302. The van der Waals surface area contributed by atoms with Gasteiger partial charge in [0.15, 0.2) is 0 Å². The zero-order valence-corrected chi connectivity index (χ0v) is 27.2. The molecule has 1 aromatic carbocycles. The van der Waals surface area contributed by atoms with Gasteiger partial charge in [-0.3, -0.25) is 14.4 Å². The summed E-state index contributed by atoms with van der Waals surface area (Å²) in [6.07, 6.45) is 0. The molecule has 1 fully saturated rings. The lowest BCUT2D eigenvalue weighted by Crippen LogP contribution is -2.40. The second-order valence-electron chi connectivity index (χ2n) is 11.9. The molecule has 46 heavy (non-hydrogen) atoms. The van der Waals surface area contributed by atoms with Crippen LogP contribution < -0.4 is 10.1 Å². The molecule has 238 valence electrons. The van der Waals surface area contributed by atoms with Crippen LogP contribution in [0.15, 0.2) is 48.5 Å². The van der Waals surface area contributed by atoms with Gasteiger partial charge in [0.2, 0.25) is 27.8 Å². The van der Waals surface area contributed by atoms with Crippen molar-refractivity contribution in [2.24, 2.45) is 5.41 Å². The van der Waals surface area contributed by atoms with Gasteiger partial charge in [-0.25, -0.2) is 9.97 Å². The molecule has 2 aliphatic heterocycles. The maximum atomic E-state index is 13.9. The summed E-state index contributed by atoms with van der Waals surface area (Å²) in [6.45, 7) is 10.0. The van der Waals surface area contributed by atoms with E-state index in [0.29, 0.717) is 55.9 Å². The molecular formula is C33H35N7O5S. The summed E-state index contributed by atoms with van der Waals surface area (Å²) in [4.78, 5) is 52.2. The third kappa shape index (κ3) is 5.95. The monoisotopic (exact) mass is 641 g/mol. The molecule has 5 heterocycles. The molecule has 0 aliphatic carbocycles. The van der Waals surface area contributed by atoms with E-state index in [0.717, 1.165) is 33.7 Å². The Morgan fingerprint density at radius 2 is 1.65 bits per heavy atom. The molecule has 0 saturated carbocycles. The molecule has 1 N–H and O–H groups in total. The fraction of sp³-hybridized carbons (Fsp3) is 0.364. The van der Waals surface area contributed by atoms with Crippen LogP contribution in [0.5, 0.6) is 11.8 Å². The molecular weight excluding hydrogens is 606 g/mol. The molecule has 0 spiro atoms. The first kappa shape index (κ1) is 31.2. The first-order valence-electron chi connectivity index (χ1n) is 15.1. The first-order chi connectivity index (χ1) is 22.1. The molecule has 0 unspecified atom stereocenters. The van der Waals surface area contributed by atoms with Crippen molar-refractivity contribution < 1.29 is 23.9 Å². The fourth-order valence-electron chi connectivity index (χ4n) is 5.59. The smallest absolute Gasteiger partial charge is 0.285 e. The van der Waals surface area contributed by atoms with Crippen molar-refractivity contribution in [1.82, 2.24) is 30.0 Å². The highest BCUT2D eigenvalue weighted by atomic mass is 32.1. The van der Waals surface area contributed by atoms with E-state index in [1.807, 2.05) is 64.1 Å². The maximum absolute atomic E-state index is 13.9. The number of aryl methyl sites for hydroxylation is 1. The van der Waals surface area contributed by atoms with Gasteiger partial charge in [0.05, 0.1) is 24.3 Å². The second kappa shape index (κ2) is 12.6. The lowest BCUT2D eigenvalue weighted by atomic mass is 9.70. The zero-order chi connectivity index (χ0) is 32.6. The van der Waals surface area contributed by atoms with Crippen LogP contribution in [0, 0.1) is 12.3 Å². The van der Waals surface area contributed by atoms with E-state index in [1.54, 1.807) is 29.0 Å². The zero-order valence-electron chi connectivity index (χ0n) is 26.4. The number of hydrogen-bond acceptors (Lipinski definition) is 10. The molecule has 3 aromatic heterocycles. The second-order valence-corrected chi connectivity index (χ2v) is 12.8. The molecule has 1 saturated heterocycles. The normalized spacial score (nSPS) is 15.8. The van der Waals surface area contributed by atoms with Crippen molar-refractivity contribution in [3.63, 3.8) is 0 Å². The molecule has 4 aromatic rings. The van der Waals surface area contributed by atoms with E-state index >= 15 is 0 Å². The molecule has 2 aliphatic rings. The molecule has 12 nitrogen and oxygen atoms in total. The number of pyridine rings is 2. The van der Waals surface area contributed by atoms with Crippen molar-refractivity contribution in [3.05, 3.63) is 75.9 Å². The number of amides is 3. The number of carbonyl (C=O) groups is 3. The van der Waals surface area contributed by atoms with Crippen LogP contribution in [-0.2, 0) is 9.53 Å². The minimum atomic E-state index is -1.03. The summed E-state index contributed by atoms with van der Waals surface area (Å²) in [5.74, 6) is -0.306. The Morgan fingerprint density at radius 3 is 2.35 bits per heavy atom. The van der Waals surface area contributed by atoms with E-state index in [2.05, 4.69) is 20.5 Å². The summed E-state index contributed by atoms with van der Waals surface area (Å²) >= 11 is 1.04. The maximum Gasteiger partial charge on any atom is 0.285 e. The van der Waals surface area contributed by atoms with Crippen molar-refractivity contribution in [3.8, 4) is 23.0 Å². The van der Waals surface area contributed by atoms with E-state index in [4.69, 9.17) is 14.5 Å². The van der Waals surface area contributed by atoms with Crippen LogP contribution in [0.3, 0.4) is 0 Å². The average molecular weight is 642 g/mol. The Bertz CT molecular complexity index is 1800. The van der Waals surface area contributed by atoms with Crippen molar-refractivity contribution in [1.29, 1.82) is 0 Å². The minimum absolute atomic E-state index is 0.0503. The Morgan fingerprint density at radius 1 is 0.978 bits per heavy atom. The van der Waals surface area contributed by atoms with E-state index in [1.165, 1.54) is 0 Å². The van der Waals surface area contributed by atoms with E-state index in [9.17, 15) is 14.4 Å². The van der Waals surface area contributed by atoms with Gasteiger partial charge in [-0.05, 0) is 38.1 Å². The number of benzene rings is 1. The number of morpholine rings is 1. The minimum Gasteiger partial charge on any atom is -0.420 e. The van der Waals surface area contributed by atoms with Gasteiger partial charge in [0.1, 0.15) is 0 Å². The number of rotatable bonds is 7. The van der Waals surface area contributed by atoms with Gasteiger partial charge in [-0.15, -0.1) is 10.2 Å². The highest BCUT2D eigenvalue weighted by Gasteiger charge is 2.45. The van der Waals surface area contributed by atoms with Crippen LogP contribution in [0.4, 0.5) is 5.13 Å². The van der Waals surface area contributed by atoms with Gasteiger partial charge < -0.3 is 24.6 Å². The molecule has 0 radical (unpaired) electrons. The van der Waals surface area contributed by atoms with E-state index < -0.39 is 11.3 Å². The number of nitrogens with one attached hydrogen (secondary N) is 1. The standard InChI is InChI=1S/C33H35N7O5S/c1-6-39(5)29(41)21-10-8-20(9-11-21)24-14-13-23-25(22-12-7-19(2)34-26(22)45-27(23)35-24)33(3,4)31(43)36-32-38-37-28(46-32)30(42)40-15-17-44-18-16-40/h7-14,25H,6,15-18H2,1-5H3,(H,36,38,43)/t25-/m0/s1. The van der Waals surface area contributed by atoms with Gasteiger partial charge >= 0.3 is 0 Å². The lowest BCUT2D eigenvalue weighted by molar-refractivity contribution is -0.124. The molecule has 1 atom stereocenters. The SMILES string of the molecule is CCN(C)C(=O)c1ccc(-c2ccc3c(n2)Oc2nc(C)ccc2[C@@H]3C(C)(C)C(=O)Nc2nnc(C(=O)N3CCOCC3)s2)cc1. The van der Waals surface area contributed by atoms with Crippen LogP contribution >= 0.6 is 11.3 Å². The van der Waals surface area contributed by atoms with Crippen LogP contribution in [0.1, 0.15) is 63.7 Å².